The van der Waals surface area contributed by atoms with E-state index in [1.807, 2.05) is 13.8 Å². The normalized spacial score (nSPS) is 15.6. The van der Waals surface area contributed by atoms with Crippen molar-refractivity contribution >= 4 is 0 Å². The summed E-state index contributed by atoms with van der Waals surface area (Å²) < 4.78 is 10.1. The summed E-state index contributed by atoms with van der Waals surface area (Å²) in [6.07, 6.45) is 5.52. The summed E-state index contributed by atoms with van der Waals surface area (Å²) in [6.45, 7) is 3.86. The highest BCUT2D eigenvalue weighted by Gasteiger charge is 2.33. The highest BCUT2D eigenvalue weighted by atomic mass is 16.7. The van der Waals surface area contributed by atoms with Gasteiger partial charge in [0.2, 0.25) is 0 Å². The predicted octanol–water partition coefficient (Wildman–Crippen LogP) is 1.41. The fourth-order valence-corrected chi connectivity index (χ4v) is 1.24. The monoisotopic (exact) mass is 200 g/mol. The highest BCUT2D eigenvalue weighted by molar-refractivity contribution is 4.97. The molecule has 1 N–H and O–H groups in total. The summed E-state index contributed by atoms with van der Waals surface area (Å²) >= 11 is 0. The molecule has 0 amide bonds. The van der Waals surface area contributed by atoms with Crippen molar-refractivity contribution in [3.8, 4) is 12.3 Å². The van der Waals surface area contributed by atoms with Crippen LogP contribution in [0.15, 0.2) is 0 Å². The number of terminal acetylenes is 1. The second-order valence-corrected chi connectivity index (χ2v) is 3.74. The van der Waals surface area contributed by atoms with Crippen LogP contribution in [0.2, 0.25) is 0 Å². The van der Waals surface area contributed by atoms with E-state index in [9.17, 15) is 5.11 Å². The van der Waals surface area contributed by atoms with Gasteiger partial charge >= 0.3 is 0 Å². The van der Waals surface area contributed by atoms with Crippen molar-refractivity contribution in [2.45, 2.75) is 38.6 Å². The van der Waals surface area contributed by atoms with Crippen LogP contribution in [0.4, 0.5) is 0 Å². The number of ether oxygens (including phenoxy) is 2. The topological polar surface area (TPSA) is 38.7 Å². The molecule has 3 nitrogen and oxygen atoms in total. The van der Waals surface area contributed by atoms with Gasteiger partial charge in [0.25, 0.3) is 0 Å². The minimum absolute atomic E-state index is 0.0753. The molecule has 0 bridgehead atoms. The van der Waals surface area contributed by atoms with Gasteiger partial charge in [-0.05, 0) is 5.92 Å². The van der Waals surface area contributed by atoms with Gasteiger partial charge in [0, 0.05) is 27.1 Å². The van der Waals surface area contributed by atoms with E-state index in [1.165, 1.54) is 0 Å². The average molecular weight is 200 g/mol. The molecule has 0 aliphatic heterocycles. The first-order valence-electron chi connectivity index (χ1n) is 4.71. The molecular formula is C11H20O3. The molecule has 0 aromatic carbocycles. The summed E-state index contributed by atoms with van der Waals surface area (Å²) in [5, 5.41) is 10.2. The van der Waals surface area contributed by atoms with Crippen molar-refractivity contribution in [2.24, 2.45) is 5.92 Å². The molecule has 1 atom stereocenters. The number of hydrogen-bond donors (Lipinski definition) is 1. The Morgan fingerprint density at radius 1 is 1.36 bits per heavy atom. The maximum absolute atomic E-state index is 10.2. The van der Waals surface area contributed by atoms with Crippen LogP contribution < -0.4 is 0 Å². The largest absolute Gasteiger partial charge is 0.388 e. The Labute approximate surface area is 86.4 Å². The van der Waals surface area contributed by atoms with E-state index >= 15 is 0 Å². The summed E-state index contributed by atoms with van der Waals surface area (Å²) in [4.78, 5) is 0. The van der Waals surface area contributed by atoms with E-state index in [0.717, 1.165) is 0 Å². The van der Waals surface area contributed by atoms with Gasteiger partial charge in [-0.1, -0.05) is 13.8 Å². The first kappa shape index (κ1) is 13.4. The minimum atomic E-state index is -0.911. The van der Waals surface area contributed by atoms with Gasteiger partial charge in [0.15, 0.2) is 6.29 Å². The molecule has 0 spiro atoms. The molecule has 0 unspecified atom stereocenters. The number of aliphatic hydroxyl groups is 1. The van der Waals surface area contributed by atoms with Gasteiger partial charge in [0.05, 0.1) is 5.60 Å². The van der Waals surface area contributed by atoms with E-state index < -0.39 is 11.9 Å². The Hall–Kier alpha value is -0.560. The quantitative estimate of drug-likeness (QED) is 0.520. The minimum Gasteiger partial charge on any atom is -0.388 e. The number of hydrogen-bond acceptors (Lipinski definition) is 3. The first-order chi connectivity index (χ1) is 6.50. The molecule has 0 aromatic rings. The van der Waals surface area contributed by atoms with Crippen LogP contribution in [0.1, 0.15) is 26.7 Å². The Morgan fingerprint density at radius 3 is 2.14 bits per heavy atom. The molecule has 0 aliphatic carbocycles. The van der Waals surface area contributed by atoms with E-state index in [0.29, 0.717) is 12.8 Å². The Kier molecular flexibility index (Phi) is 5.78. The van der Waals surface area contributed by atoms with Crippen LogP contribution in [0.5, 0.6) is 0 Å². The fraction of sp³-hybridized carbons (Fsp3) is 0.818. The van der Waals surface area contributed by atoms with Crippen LogP contribution >= 0.6 is 0 Å². The average Bonchev–Trinajstić information content (AvgIpc) is 2.14. The highest BCUT2D eigenvalue weighted by Crippen LogP contribution is 2.27. The molecule has 0 saturated heterocycles. The second kappa shape index (κ2) is 6.02. The van der Waals surface area contributed by atoms with Gasteiger partial charge in [-0.25, -0.2) is 0 Å². The van der Waals surface area contributed by atoms with E-state index in [1.54, 1.807) is 14.2 Å². The first-order valence-corrected chi connectivity index (χ1v) is 4.71. The van der Waals surface area contributed by atoms with Gasteiger partial charge < -0.3 is 14.6 Å². The Bertz CT molecular complexity index is 191. The summed E-state index contributed by atoms with van der Waals surface area (Å²) in [5.74, 6) is 2.56. The third kappa shape index (κ3) is 3.67. The third-order valence-electron chi connectivity index (χ3n) is 2.53. The van der Waals surface area contributed by atoms with Crippen molar-refractivity contribution in [1.29, 1.82) is 0 Å². The zero-order valence-electron chi connectivity index (χ0n) is 9.41. The zero-order valence-corrected chi connectivity index (χ0v) is 9.41. The molecule has 82 valence electrons. The lowest BCUT2D eigenvalue weighted by Gasteiger charge is -2.32. The lowest BCUT2D eigenvalue weighted by atomic mass is 9.84. The molecule has 0 heterocycles. The van der Waals surface area contributed by atoms with Gasteiger partial charge in [0.1, 0.15) is 0 Å². The summed E-state index contributed by atoms with van der Waals surface area (Å²) in [7, 11) is 3.09. The lowest BCUT2D eigenvalue weighted by molar-refractivity contribution is -0.152. The number of rotatable bonds is 6. The molecule has 0 aliphatic rings. The van der Waals surface area contributed by atoms with Crippen molar-refractivity contribution in [3.05, 3.63) is 0 Å². The number of methoxy groups -OCH3 is 2. The molecule has 3 heteroatoms. The molecule has 0 radical (unpaired) electrons. The predicted molar refractivity (Wildman–Crippen MR) is 55.7 cm³/mol. The fourth-order valence-electron chi connectivity index (χ4n) is 1.24. The summed E-state index contributed by atoms with van der Waals surface area (Å²) in [6, 6.07) is 0. The lowest BCUT2D eigenvalue weighted by Crippen LogP contribution is -2.39. The molecule has 14 heavy (non-hydrogen) atoms. The molecular weight excluding hydrogens is 180 g/mol. The van der Waals surface area contributed by atoms with E-state index in [2.05, 4.69) is 5.92 Å². The van der Waals surface area contributed by atoms with Crippen molar-refractivity contribution < 1.29 is 14.6 Å². The van der Waals surface area contributed by atoms with Crippen LogP contribution in [-0.2, 0) is 9.47 Å². The van der Waals surface area contributed by atoms with Crippen LogP contribution in [0.25, 0.3) is 0 Å². The SMILES string of the molecule is C#CC[C@](O)(CC(OC)OC)C(C)C. The smallest absolute Gasteiger partial charge is 0.159 e. The van der Waals surface area contributed by atoms with Gasteiger partial charge in [-0.3, -0.25) is 0 Å². The van der Waals surface area contributed by atoms with Crippen LogP contribution in [-0.4, -0.2) is 31.2 Å². The van der Waals surface area contributed by atoms with E-state index in [-0.39, 0.29) is 5.92 Å². The molecule has 0 aromatic heterocycles. The Balaban J connectivity index is 4.43. The van der Waals surface area contributed by atoms with E-state index in [4.69, 9.17) is 15.9 Å². The van der Waals surface area contributed by atoms with Crippen LogP contribution in [0.3, 0.4) is 0 Å². The second-order valence-electron chi connectivity index (χ2n) is 3.74. The van der Waals surface area contributed by atoms with Crippen molar-refractivity contribution in [2.75, 3.05) is 14.2 Å². The standard InChI is InChI=1S/C11H20O3/c1-6-7-11(12,9(2)3)8-10(13-4)14-5/h1,9-10,12H,7-8H2,2-5H3/t11-/m0/s1. The summed E-state index contributed by atoms with van der Waals surface area (Å²) in [5.41, 5.74) is -0.911. The Morgan fingerprint density at radius 2 is 1.86 bits per heavy atom. The van der Waals surface area contributed by atoms with Gasteiger partial charge in [-0.15, -0.1) is 12.3 Å². The van der Waals surface area contributed by atoms with Crippen molar-refractivity contribution in [3.63, 3.8) is 0 Å². The van der Waals surface area contributed by atoms with Gasteiger partial charge in [-0.2, -0.15) is 0 Å². The maximum Gasteiger partial charge on any atom is 0.159 e. The maximum atomic E-state index is 10.2. The molecule has 0 fully saturated rings. The third-order valence-corrected chi connectivity index (χ3v) is 2.53. The zero-order chi connectivity index (χ0) is 11.2. The van der Waals surface area contributed by atoms with Crippen molar-refractivity contribution in [1.82, 2.24) is 0 Å². The van der Waals surface area contributed by atoms with Crippen LogP contribution in [0, 0.1) is 18.3 Å². The molecule has 0 saturated carbocycles. The molecule has 0 rings (SSSR count).